The first-order chi connectivity index (χ1) is 12.0. The molecule has 0 atom stereocenters. The van der Waals surface area contributed by atoms with Crippen LogP contribution in [-0.2, 0) is 4.74 Å². The van der Waals surface area contributed by atoms with Gasteiger partial charge in [0.2, 0.25) is 0 Å². The number of furan rings is 1. The van der Waals surface area contributed by atoms with Crippen LogP contribution >= 0.6 is 12.2 Å². The van der Waals surface area contributed by atoms with Gasteiger partial charge in [-0.2, -0.15) is 0 Å². The van der Waals surface area contributed by atoms with Crippen LogP contribution in [0.2, 0.25) is 0 Å². The molecule has 0 aliphatic heterocycles. The molecule has 0 saturated heterocycles. The van der Waals surface area contributed by atoms with Gasteiger partial charge >= 0.3 is 5.91 Å². The van der Waals surface area contributed by atoms with Gasteiger partial charge in [-0.05, 0) is 43.8 Å². The van der Waals surface area contributed by atoms with Crippen molar-refractivity contribution in [3.63, 3.8) is 0 Å². The molecule has 0 aliphatic carbocycles. The van der Waals surface area contributed by atoms with Crippen LogP contribution in [0.15, 0.2) is 22.6 Å². The maximum Gasteiger partial charge on any atom is 0.305 e. The first kappa shape index (κ1) is 19.0. The van der Waals surface area contributed by atoms with Crippen LogP contribution in [0.4, 0.5) is 0 Å². The van der Waals surface area contributed by atoms with E-state index in [0.29, 0.717) is 29.6 Å². The maximum atomic E-state index is 12.5. The Morgan fingerprint density at radius 2 is 2.12 bits per heavy atom. The number of methoxy groups -OCH3 is 2. The minimum atomic E-state index is -0.365. The Hall–Kier alpha value is -2.32. The van der Waals surface area contributed by atoms with Crippen molar-refractivity contribution < 1.29 is 18.7 Å². The molecule has 0 unspecified atom stereocenters. The third-order valence-electron chi connectivity index (χ3n) is 3.72. The lowest BCUT2D eigenvalue weighted by molar-refractivity contribution is 0.0858. The zero-order chi connectivity index (χ0) is 18.4. The van der Waals surface area contributed by atoms with Crippen LogP contribution in [0.1, 0.15) is 22.5 Å². The zero-order valence-corrected chi connectivity index (χ0v) is 15.7. The van der Waals surface area contributed by atoms with Crippen LogP contribution in [0.25, 0.3) is 11.0 Å². The van der Waals surface area contributed by atoms with Gasteiger partial charge in [0.1, 0.15) is 11.3 Å². The van der Waals surface area contributed by atoms with Crippen molar-refractivity contribution in [3.8, 4) is 5.75 Å². The second kappa shape index (κ2) is 8.68. The Labute approximate surface area is 152 Å². The van der Waals surface area contributed by atoms with Crippen LogP contribution in [0, 0.1) is 6.92 Å². The lowest BCUT2D eigenvalue weighted by Crippen LogP contribution is -2.48. The second-order valence-electron chi connectivity index (χ2n) is 5.50. The molecule has 2 aromatic rings. The number of hydrogen-bond acceptors (Lipinski definition) is 5. The first-order valence-corrected chi connectivity index (χ1v) is 8.27. The van der Waals surface area contributed by atoms with Crippen molar-refractivity contribution in [1.82, 2.24) is 15.8 Å². The molecule has 2 N–H and O–H groups in total. The fourth-order valence-electron chi connectivity index (χ4n) is 2.33. The SMILES string of the molecule is COCCCNC(=S)N(C)NC(=O)c1oc2ccc(OC)cc2c1C. The summed E-state index contributed by atoms with van der Waals surface area (Å²) in [6.45, 7) is 3.14. The molecule has 1 aromatic carbocycles. The van der Waals surface area contributed by atoms with Gasteiger partial charge < -0.3 is 19.2 Å². The van der Waals surface area contributed by atoms with Crippen LogP contribution < -0.4 is 15.5 Å². The molecule has 7 nitrogen and oxygen atoms in total. The monoisotopic (exact) mass is 365 g/mol. The van der Waals surface area contributed by atoms with Crippen molar-refractivity contribution in [1.29, 1.82) is 0 Å². The molecule has 1 aromatic heterocycles. The fraction of sp³-hybridized carbons (Fsp3) is 0.412. The normalized spacial score (nSPS) is 10.6. The number of aryl methyl sites for hydroxylation is 1. The topological polar surface area (TPSA) is 76.0 Å². The Bertz CT molecular complexity index is 760. The molecule has 2 rings (SSSR count). The van der Waals surface area contributed by atoms with Gasteiger partial charge in [0.05, 0.1) is 7.11 Å². The third-order valence-corrected chi connectivity index (χ3v) is 4.14. The van der Waals surface area contributed by atoms with Gasteiger partial charge in [-0.1, -0.05) is 0 Å². The average Bonchev–Trinajstić information content (AvgIpc) is 2.94. The number of rotatable bonds is 6. The second-order valence-corrected chi connectivity index (χ2v) is 5.88. The minimum Gasteiger partial charge on any atom is -0.497 e. The number of benzene rings is 1. The van der Waals surface area contributed by atoms with E-state index in [2.05, 4.69) is 10.7 Å². The number of ether oxygens (including phenoxy) is 2. The molecule has 0 aliphatic rings. The Kier molecular flexibility index (Phi) is 6.60. The van der Waals surface area contributed by atoms with E-state index in [9.17, 15) is 4.79 Å². The molecule has 0 spiro atoms. The molecule has 136 valence electrons. The summed E-state index contributed by atoms with van der Waals surface area (Å²) >= 11 is 5.24. The summed E-state index contributed by atoms with van der Waals surface area (Å²) in [5.41, 5.74) is 4.08. The van der Waals surface area contributed by atoms with Gasteiger partial charge in [0, 0.05) is 38.3 Å². The highest BCUT2D eigenvalue weighted by Crippen LogP contribution is 2.28. The molecule has 8 heteroatoms. The number of thiocarbonyl (C=S) groups is 1. The number of hydrogen-bond donors (Lipinski definition) is 2. The summed E-state index contributed by atoms with van der Waals surface area (Å²) in [6.07, 6.45) is 0.822. The van der Waals surface area contributed by atoms with Crippen molar-refractivity contribution >= 4 is 34.2 Å². The van der Waals surface area contributed by atoms with Crippen molar-refractivity contribution in [2.45, 2.75) is 13.3 Å². The summed E-state index contributed by atoms with van der Waals surface area (Å²) in [7, 11) is 4.92. The largest absolute Gasteiger partial charge is 0.497 e. The van der Waals surface area contributed by atoms with Crippen LogP contribution in [0.3, 0.4) is 0 Å². The summed E-state index contributed by atoms with van der Waals surface area (Å²) in [4.78, 5) is 12.5. The molecule has 0 fully saturated rings. The van der Waals surface area contributed by atoms with E-state index in [1.165, 1.54) is 5.01 Å². The smallest absolute Gasteiger partial charge is 0.305 e. The lowest BCUT2D eigenvalue weighted by Gasteiger charge is -2.21. The summed E-state index contributed by atoms with van der Waals surface area (Å²) in [5, 5.41) is 5.76. The molecule has 0 saturated carbocycles. The Morgan fingerprint density at radius 3 is 2.80 bits per heavy atom. The number of carbonyl (C=O) groups is 1. The maximum absolute atomic E-state index is 12.5. The van der Waals surface area contributed by atoms with E-state index in [1.807, 2.05) is 13.0 Å². The summed E-state index contributed by atoms with van der Waals surface area (Å²) < 4.78 is 15.9. The predicted octanol–water partition coefficient (Wildman–Crippen LogP) is 2.24. The van der Waals surface area contributed by atoms with Gasteiger partial charge in [0.15, 0.2) is 10.9 Å². The highest BCUT2D eigenvalue weighted by Gasteiger charge is 2.19. The molecule has 1 heterocycles. The Balaban J connectivity index is 2.04. The molecule has 0 bridgehead atoms. The van der Waals surface area contributed by atoms with E-state index in [4.69, 9.17) is 26.1 Å². The quantitative estimate of drug-likeness (QED) is 0.462. The molecule has 1 amide bonds. The highest BCUT2D eigenvalue weighted by molar-refractivity contribution is 7.80. The van der Waals surface area contributed by atoms with Gasteiger partial charge in [-0.25, -0.2) is 0 Å². The van der Waals surface area contributed by atoms with Gasteiger partial charge in [0.25, 0.3) is 0 Å². The molecule has 25 heavy (non-hydrogen) atoms. The number of amides is 1. The van der Waals surface area contributed by atoms with Crippen LogP contribution in [0.5, 0.6) is 5.75 Å². The van der Waals surface area contributed by atoms with E-state index in [0.717, 1.165) is 17.4 Å². The van der Waals surface area contributed by atoms with E-state index in [-0.39, 0.29) is 11.7 Å². The zero-order valence-electron chi connectivity index (χ0n) is 14.8. The number of nitrogens with one attached hydrogen (secondary N) is 2. The first-order valence-electron chi connectivity index (χ1n) is 7.86. The highest BCUT2D eigenvalue weighted by atomic mass is 32.1. The average molecular weight is 365 g/mol. The number of carbonyl (C=O) groups excluding carboxylic acids is 1. The molecular formula is C17H23N3O4S. The summed E-state index contributed by atoms with van der Waals surface area (Å²) in [6, 6.07) is 5.42. The number of fused-ring (bicyclic) bond motifs is 1. The van der Waals surface area contributed by atoms with Crippen molar-refractivity contribution in [3.05, 3.63) is 29.5 Å². The minimum absolute atomic E-state index is 0.247. The third kappa shape index (κ3) is 4.61. The molecular weight excluding hydrogens is 342 g/mol. The van der Waals surface area contributed by atoms with E-state index in [1.54, 1.807) is 33.4 Å². The van der Waals surface area contributed by atoms with E-state index >= 15 is 0 Å². The van der Waals surface area contributed by atoms with Crippen molar-refractivity contribution in [2.24, 2.45) is 0 Å². The standard InChI is InChI=1S/C17H23N3O4S/c1-11-13-10-12(23-4)6-7-14(13)24-15(11)16(21)19-20(2)17(25)18-8-5-9-22-3/h6-7,10H,5,8-9H2,1-4H3,(H,18,25)(H,19,21). The summed E-state index contributed by atoms with van der Waals surface area (Å²) in [5.74, 6) is 0.593. The fourth-order valence-corrected chi connectivity index (χ4v) is 2.48. The lowest BCUT2D eigenvalue weighted by atomic mass is 10.1. The van der Waals surface area contributed by atoms with E-state index < -0.39 is 0 Å². The molecule has 0 radical (unpaired) electrons. The predicted molar refractivity (Wildman–Crippen MR) is 99.8 cm³/mol. The van der Waals surface area contributed by atoms with Gasteiger partial charge in [-0.3, -0.25) is 15.2 Å². The van der Waals surface area contributed by atoms with Crippen LogP contribution in [-0.4, -0.2) is 50.4 Å². The van der Waals surface area contributed by atoms with Gasteiger partial charge in [-0.15, -0.1) is 0 Å². The number of hydrazine groups is 1. The van der Waals surface area contributed by atoms with Crippen molar-refractivity contribution in [2.75, 3.05) is 34.4 Å². The number of nitrogens with zero attached hydrogens (tertiary/aromatic N) is 1. The Morgan fingerprint density at radius 1 is 1.36 bits per heavy atom.